The molecule has 2 aromatic carbocycles. The highest BCUT2D eigenvalue weighted by atomic mass is 19.1. The van der Waals surface area contributed by atoms with Crippen LogP contribution in [-0.2, 0) is 13.1 Å². The Labute approximate surface area is 185 Å². The number of nitrogens with zero attached hydrogens (tertiary/aromatic N) is 4. The van der Waals surface area contributed by atoms with Crippen molar-refractivity contribution in [2.45, 2.75) is 38.9 Å². The number of hydrogen-bond donors (Lipinski definition) is 2. The Morgan fingerprint density at radius 3 is 2.53 bits per heavy atom. The van der Waals surface area contributed by atoms with Crippen molar-refractivity contribution in [1.29, 1.82) is 0 Å². The fourth-order valence-corrected chi connectivity index (χ4v) is 3.23. The maximum Gasteiger partial charge on any atom is 0.274 e. The molecule has 8 nitrogen and oxygen atoms in total. The summed E-state index contributed by atoms with van der Waals surface area (Å²) in [5, 5.41) is 26.5. The highest BCUT2D eigenvalue weighted by molar-refractivity contribution is 5.94. The van der Waals surface area contributed by atoms with E-state index < -0.39 is 0 Å². The molecule has 32 heavy (non-hydrogen) atoms. The van der Waals surface area contributed by atoms with E-state index in [1.54, 1.807) is 48.0 Å². The molecule has 2 N–H and O–H groups in total. The SMILES string of the molecule is CCN=C([O-])c1ccc(-n2nnc(C(=O)NC3CC3)c2CNCc2ccc(F)cc2)cc1. The summed E-state index contributed by atoms with van der Waals surface area (Å²) in [5.74, 6) is -0.821. The normalized spacial score (nSPS) is 13.9. The lowest BCUT2D eigenvalue weighted by Crippen LogP contribution is -2.28. The predicted molar refractivity (Wildman–Crippen MR) is 116 cm³/mol. The van der Waals surface area contributed by atoms with Crippen LogP contribution in [0.25, 0.3) is 5.69 Å². The molecule has 1 aliphatic carbocycles. The molecule has 0 bridgehead atoms. The first-order valence-electron chi connectivity index (χ1n) is 10.6. The number of carbonyl (C=O) groups is 1. The predicted octanol–water partition coefficient (Wildman–Crippen LogP) is 1.72. The third-order valence-corrected chi connectivity index (χ3v) is 5.09. The number of amides is 1. The summed E-state index contributed by atoms with van der Waals surface area (Å²) in [6.07, 6.45) is 1.94. The van der Waals surface area contributed by atoms with Gasteiger partial charge in [0.05, 0.1) is 11.4 Å². The number of aromatic nitrogens is 3. The molecule has 1 heterocycles. The lowest BCUT2D eigenvalue weighted by molar-refractivity contribution is -0.213. The number of nitrogens with one attached hydrogen (secondary N) is 2. The first-order valence-corrected chi connectivity index (χ1v) is 10.6. The molecule has 1 aliphatic rings. The molecular weight excluding hydrogens is 411 g/mol. The van der Waals surface area contributed by atoms with Crippen LogP contribution in [0.4, 0.5) is 4.39 Å². The quantitative estimate of drug-likeness (QED) is 0.393. The third kappa shape index (κ3) is 5.17. The van der Waals surface area contributed by atoms with Gasteiger partial charge in [0.1, 0.15) is 5.82 Å². The number of rotatable bonds is 9. The molecule has 0 aliphatic heterocycles. The van der Waals surface area contributed by atoms with Gasteiger partial charge in [0.15, 0.2) is 5.69 Å². The summed E-state index contributed by atoms with van der Waals surface area (Å²) in [5.41, 5.74) is 2.93. The molecule has 1 fully saturated rings. The van der Waals surface area contributed by atoms with Gasteiger partial charge in [0.25, 0.3) is 5.91 Å². The second-order valence-electron chi connectivity index (χ2n) is 7.60. The van der Waals surface area contributed by atoms with E-state index in [9.17, 15) is 14.3 Å². The van der Waals surface area contributed by atoms with Crippen LogP contribution >= 0.6 is 0 Å². The molecule has 1 aromatic heterocycles. The van der Waals surface area contributed by atoms with Crippen LogP contribution in [0, 0.1) is 5.82 Å². The molecule has 1 amide bonds. The summed E-state index contributed by atoms with van der Waals surface area (Å²) in [7, 11) is 0. The second-order valence-corrected chi connectivity index (χ2v) is 7.60. The molecule has 0 saturated heterocycles. The second kappa shape index (κ2) is 9.69. The monoisotopic (exact) mass is 435 g/mol. The first-order chi connectivity index (χ1) is 15.5. The number of aliphatic imine (C=N–C) groups is 1. The highest BCUT2D eigenvalue weighted by Gasteiger charge is 2.27. The van der Waals surface area contributed by atoms with Crippen LogP contribution in [-0.4, -0.2) is 39.4 Å². The molecule has 166 valence electrons. The Kier molecular flexibility index (Phi) is 6.55. The molecule has 4 rings (SSSR count). The molecule has 0 spiro atoms. The average molecular weight is 435 g/mol. The van der Waals surface area contributed by atoms with Gasteiger partial charge < -0.3 is 20.7 Å². The maximum absolute atomic E-state index is 13.1. The Balaban J connectivity index is 1.56. The fourth-order valence-electron chi connectivity index (χ4n) is 3.23. The van der Waals surface area contributed by atoms with Gasteiger partial charge in [-0.3, -0.25) is 4.79 Å². The van der Waals surface area contributed by atoms with E-state index in [1.807, 2.05) is 0 Å². The van der Waals surface area contributed by atoms with E-state index >= 15 is 0 Å². The molecule has 1 saturated carbocycles. The lowest BCUT2D eigenvalue weighted by atomic mass is 10.2. The van der Waals surface area contributed by atoms with E-state index in [1.165, 1.54) is 12.1 Å². The van der Waals surface area contributed by atoms with Crippen LogP contribution in [0.5, 0.6) is 0 Å². The fraction of sp³-hybridized carbons (Fsp3) is 0.304. The van der Waals surface area contributed by atoms with Gasteiger partial charge in [0.2, 0.25) is 0 Å². The van der Waals surface area contributed by atoms with Crippen LogP contribution < -0.4 is 15.7 Å². The van der Waals surface area contributed by atoms with Gasteiger partial charge >= 0.3 is 0 Å². The summed E-state index contributed by atoms with van der Waals surface area (Å²) in [6.45, 7) is 3.04. The van der Waals surface area contributed by atoms with Crippen LogP contribution in [0.15, 0.2) is 53.5 Å². The molecule has 0 atom stereocenters. The number of benzene rings is 2. The largest absolute Gasteiger partial charge is 0.858 e. The minimum absolute atomic E-state index is 0.195. The molecule has 3 aromatic rings. The van der Waals surface area contributed by atoms with Crippen LogP contribution in [0.1, 0.15) is 47.1 Å². The first kappa shape index (κ1) is 21.6. The van der Waals surface area contributed by atoms with Gasteiger partial charge in [-0.2, -0.15) is 0 Å². The molecule has 9 heteroatoms. The Morgan fingerprint density at radius 1 is 1.16 bits per heavy atom. The maximum atomic E-state index is 13.1. The van der Waals surface area contributed by atoms with Crippen molar-refractivity contribution in [3.8, 4) is 5.69 Å². The van der Waals surface area contributed by atoms with Gasteiger partial charge in [-0.05, 0) is 61.1 Å². The van der Waals surface area contributed by atoms with Gasteiger partial charge in [-0.1, -0.05) is 29.5 Å². The standard InChI is InChI=1S/C23H25FN6O2/c1-2-26-22(31)16-5-11-19(12-6-16)30-20(14-25-13-15-3-7-17(24)8-4-15)21(28-29-30)23(32)27-18-9-10-18/h3-8,11-12,18,25H,2,9-10,13-14H2,1H3,(H,26,31)(H,27,32)/p-1. The van der Waals surface area contributed by atoms with Crippen LogP contribution in [0.3, 0.4) is 0 Å². The van der Waals surface area contributed by atoms with Gasteiger partial charge in [-0.15, -0.1) is 5.10 Å². The van der Waals surface area contributed by atoms with Crippen molar-refractivity contribution in [2.75, 3.05) is 6.54 Å². The summed E-state index contributed by atoms with van der Waals surface area (Å²) in [6, 6.07) is 13.3. The van der Waals surface area contributed by atoms with E-state index in [0.29, 0.717) is 36.6 Å². The Hall–Kier alpha value is -3.59. The Bertz CT molecular complexity index is 1100. The topological polar surface area (TPSA) is 107 Å². The van der Waals surface area contributed by atoms with Crippen molar-refractivity contribution >= 4 is 11.8 Å². The minimum Gasteiger partial charge on any atom is -0.858 e. The van der Waals surface area contributed by atoms with Crippen LogP contribution in [0.2, 0.25) is 0 Å². The van der Waals surface area contributed by atoms with Crippen molar-refractivity contribution in [1.82, 2.24) is 25.6 Å². The van der Waals surface area contributed by atoms with Crippen molar-refractivity contribution in [3.05, 3.63) is 76.9 Å². The number of carbonyl (C=O) groups excluding carboxylic acids is 1. The average Bonchev–Trinajstić information content (AvgIpc) is 3.51. The number of halogens is 1. The number of hydrogen-bond acceptors (Lipinski definition) is 6. The van der Waals surface area contributed by atoms with Crippen molar-refractivity contribution in [2.24, 2.45) is 4.99 Å². The lowest BCUT2D eigenvalue weighted by Gasteiger charge is -2.13. The zero-order valence-electron chi connectivity index (χ0n) is 17.7. The Morgan fingerprint density at radius 2 is 1.88 bits per heavy atom. The van der Waals surface area contributed by atoms with E-state index in [0.717, 1.165) is 18.4 Å². The molecule has 0 radical (unpaired) electrons. The van der Waals surface area contributed by atoms with Crippen molar-refractivity contribution < 1.29 is 14.3 Å². The summed E-state index contributed by atoms with van der Waals surface area (Å²) >= 11 is 0. The minimum atomic E-state index is -0.288. The summed E-state index contributed by atoms with van der Waals surface area (Å²) < 4.78 is 14.7. The summed E-state index contributed by atoms with van der Waals surface area (Å²) in [4.78, 5) is 16.6. The van der Waals surface area contributed by atoms with E-state index in [-0.39, 0.29) is 29.4 Å². The highest BCUT2D eigenvalue weighted by Crippen LogP contribution is 2.20. The zero-order valence-corrected chi connectivity index (χ0v) is 17.7. The van der Waals surface area contributed by atoms with Crippen molar-refractivity contribution in [3.63, 3.8) is 0 Å². The van der Waals surface area contributed by atoms with E-state index in [4.69, 9.17) is 0 Å². The third-order valence-electron chi connectivity index (χ3n) is 5.09. The van der Waals surface area contributed by atoms with Gasteiger partial charge in [-0.25, -0.2) is 9.07 Å². The molecular formula is C23H24FN6O2-. The van der Waals surface area contributed by atoms with E-state index in [2.05, 4.69) is 25.9 Å². The van der Waals surface area contributed by atoms with Gasteiger partial charge in [0, 0.05) is 25.7 Å². The zero-order chi connectivity index (χ0) is 22.5. The smallest absolute Gasteiger partial charge is 0.274 e. The molecule has 0 unspecified atom stereocenters.